The van der Waals surface area contributed by atoms with Gasteiger partial charge < -0.3 is 10.6 Å². The van der Waals surface area contributed by atoms with E-state index in [2.05, 4.69) is 26.6 Å². The van der Waals surface area contributed by atoms with E-state index in [1.807, 2.05) is 56.9 Å². The molecule has 1 aromatic rings. The predicted molar refractivity (Wildman–Crippen MR) is 96.1 cm³/mol. The van der Waals surface area contributed by atoms with Crippen molar-refractivity contribution < 1.29 is 9.59 Å². The highest BCUT2D eigenvalue weighted by Crippen LogP contribution is 2.16. The molecule has 0 saturated heterocycles. The molecule has 5 nitrogen and oxygen atoms in total. The summed E-state index contributed by atoms with van der Waals surface area (Å²) in [6.45, 7) is 8.81. The lowest BCUT2D eigenvalue weighted by molar-refractivity contribution is -0.125. The first-order valence-electron chi connectivity index (χ1n) is 7.88. The maximum atomic E-state index is 12.2. The molecule has 128 valence electrons. The highest BCUT2D eigenvalue weighted by molar-refractivity contribution is 9.10. The Morgan fingerprint density at radius 1 is 1.04 bits per heavy atom. The smallest absolute Gasteiger partial charge is 0.234 e. The Morgan fingerprint density at radius 2 is 1.57 bits per heavy atom. The number of hydrogen-bond acceptors (Lipinski definition) is 3. The Balaban J connectivity index is 2.49. The fourth-order valence-corrected chi connectivity index (χ4v) is 2.44. The lowest BCUT2D eigenvalue weighted by atomic mass is 10.1. The van der Waals surface area contributed by atoms with Crippen molar-refractivity contribution in [1.29, 1.82) is 0 Å². The number of amides is 2. The molecule has 0 saturated carbocycles. The fraction of sp³-hybridized carbons (Fsp3) is 0.529. The zero-order valence-corrected chi connectivity index (χ0v) is 15.8. The van der Waals surface area contributed by atoms with Gasteiger partial charge in [-0.05, 0) is 45.0 Å². The van der Waals surface area contributed by atoms with Gasteiger partial charge in [0.25, 0.3) is 0 Å². The molecule has 0 aliphatic rings. The summed E-state index contributed by atoms with van der Waals surface area (Å²) in [7, 11) is 0. The van der Waals surface area contributed by atoms with Crippen molar-refractivity contribution in [2.45, 2.75) is 39.8 Å². The molecule has 2 N–H and O–H groups in total. The molecular formula is C17H26BrN3O2. The normalized spacial score (nSPS) is 12.3. The molecule has 0 unspecified atom stereocenters. The first-order valence-corrected chi connectivity index (χ1v) is 8.67. The summed E-state index contributed by atoms with van der Waals surface area (Å²) in [6, 6.07) is 7.89. The van der Waals surface area contributed by atoms with Gasteiger partial charge in [-0.2, -0.15) is 0 Å². The van der Waals surface area contributed by atoms with Crippen molar-refractivity contribution in [1.82, 2.24) is 15.5 Å². The van der Waals surface area contributed by atoms with Crippen LogP contribution in [0.1, 0.15) is 39.3 Å². The Morgan fingerprint density at radius 3 is 2.04 bits per heavy atom. The van der Waals surface area contributed by atoms with Gasteiger partial charge in [0.2, 0.25) is 11.8 Å². The van der Waals surface area contributed by atoms with Gasteiger partial charge in [0.05, 0.1) is 19.1 Å². The van der Waals surface area contributed by atoms with Crippen LogP contribution in [0.2, 0.25) is 0 Å². The second kappa shape index (κ2) is 9.67. The van der Waals surface area contributed by atoms with Gasteiger partial charge in [0, 0.05) is 10.5 Å². The number of rotatable bonds is 8. The maximum Gasteiger partial charge on any atom is 0.234 e. The molecule has 1 aromatic carbocycles. The summed E-state index contributed by atoms with van der Waals surface area (Å²) in [6.07, 6.45) is 0. The van der Waals surface area contributed by atoms with Crippen LogP contribution in [-0.2, 0) is 9.59 Å². The third-order valence-corrected chi connectivity index (χ3v) is 3.91. The third kappa shape index (κ3) is 7.61. The molecule has 0 aliphatic carbocycles. The van der Waals surface area contributed by atoms with E-state index in [4.69, 9.17) is 0 Å². The molecule has 1 atom stereocenters. The van der Waals surface area contributed by atoms with Crippen molar-refractivity contribution in [3.05, 3.63) is 34.3 Å². The van der Waals surface area contributed by atoms with Crippen LogP contribution in [-0.4, -0.2) is 42.4 Å². The fourth-order valence-electron chi connectivity index (χ4n) is 2.18. The Hall–Kier alpha value is -1.40. The Kier molecular flexibility index (Phi) is 8.26. The van der Waals surface area contributed by atoms with E-state index in [-0.39, 0.29) is 37.0 Å². The van der Waals surface area contributed by atoms with Crippen LogP contribution in [0.4, 0.5) is 0 Å². The summed E-state index contributed by atoms with van der Waals surface area (Å²) in [4.78, 5) is 25.8. The number of carbonyl (C=O) groups excluding carboxylic acids is 2. The molecule has 0 spiro atoms. The summed E-state index contributed by atoms with van der Waals surface area (Å²) < 4.78 is 1.01. The van der Waals surface area contributed by atoms with Crippen molar-refractivity contribution in [3.8, 4) is 0 Å². The number of nitrogens with one attached hydrogen (secondary N) is 2. The topological polar surface area (TPSA) is 61.4 Å². The molecule has 0 aliphatic heterocycles. The van der Waals surface area contributed by atoms with Crippen LogP contribution >= 0.6 is 15.9 Å². The van der Waals surface area contributed by atoms with E-state index in [0.29, 0.717) is 6.54 Å². The first kappa shape index (κ1) is 19.6. The lowest BCUT2D eigenvalue weighted by Crippen LogP contribution is -2.44. The number of halogens is 1. The zero-order valence-electron chi connectivity index (χ0n) is 14.2. The minimum Gasteiger partial charge on any atom is -0.353 e. The summed E-state index contributed by atoms with van der Waals surface area (Å²) in [5.74, 6) is -0.143. The lowest BCUT2D eigenvalue weighted by Gasteiger charge is -2.22. The van der Waals surface area contributed by atoms with Crippen LogP contribution in [0.3, 0.4) is 0 Å². The van der Waals surface area contributed by atoms with Crippen LogP contribution < -0.4 is 10.6 Å². The standard InChI is InChI=1S/C17H26BrN3O2/c1-5-21(10-16(22)19-12(2)3)11-17(23)20-13(4)14-6-8-15(18)9-7-14/h6-9,12-13H,5,10-11H2,1-4H3,(H,19,22)(H,20,23)/t13-/m0/s1. The van der Waals surface area contributed by atoms with E-state index < -0.39 is 0 Å². The summed E-state index contributed by atoms with van der Waals surface area (Å²) in [5.41, 5.74) is 1.04. The van der Waals surface area contributed by atoms with E-state index in [9.17, 15) is 9.59 Å². The van der Waals surface area contributed by atoms with E-state index >= 15 is 0 Å². The molecule has 2 amide bonds. The molecule has 0 heterocycles. The van der Waals surface area contributed by atoms with Gasteiger partial charge in [0.1, 0.15) is 0 Å². The first-order chi connectivity index (χ1) is 10.8. The van der Waals surface area contributed by atoms with Crippen LogP contribution in [0.15, 0.2) is 28.7 Å². The molecule has 23 heavy (non-hydrogen) atoms. The van der Waals surface area contributed by atoms with Gasteiger partial charge in [-0.1, -0.05) is 35.0 Å². The molecule has 0 aromatic heterocycles. The van der Waals surface area contributed by atoms with Crippen LogP contribution in [0.5, 0.6) is 0 Å². The molecular weight excluding hydrogens is 358 g/mol. The largest absolute Gasteiger partial charge is 0.353 e. The van der Waals surface area contributed by atoms with E-state index in [1.54, 1.807) is 0 Å². The Labute approximate surface area is 146 Å². The highest BCUT2D eigenvalue weighted by Gasteiger charge is 2.15. The van der Waals surface area contributed by atoms with Crippen molar-refractivity contribution in [2.24, 2.45) is 0 Å². The van der Waals surface area contributed by atoms with Crippen LogP contribution in [0, 0.1) is 0 Å². The van der Waals surface area contributed by atoms with Gasteiger partial charge in [0.15, 0.2) is 0 Å². The number of benzene rings is 1. The quantitative estimate of drug-likeness (QED) is 0.724. The number of nitrogens with zero attached hydrogens (tertiary/aromatic N) is 1. The predicted octanol–water partition coefficient (Wildman–Crippen LogP) is 2.47. The average molecular weight is 384 g/mol. The molecule has 0 bridgehead atoms. The van der Waals surface area contributed by atoms with Crippen molar-refractivity contribution in [3.63, 3.8) is 0 Å². The van der Waals surface area contributed by atoms with Crippen molar-refractivity contribution >= 4 is 27.7 Å². The second-order valence-corrected chi connectivity index (χ2v) is 6.78. The summed E-state index contributed by atoms with van der Waals surface area (Å²) >= 11 is 3.40. The number of carbonyl (C=O) groups is 2. The molecule has 0 fully saturated rings. The van der Waals surface area contributed by atoms with Gasteiger partial charge >= 0.3 is 0 Å². The van der Waals surface area contributed by atoms with Gasteiger partial charge in [-0.25, -0.2) is 0 Å². The SMILES string of the molecule is CCN(CC(=O)NC(C)C)CC(=O)N[C@@H](C)c1ccc(Br)cc1. The number of hydrogen-bond donors (Lipinski definition) is 2. The molecule has 0 radical (unpaired) electrons. The monoisotopic (exact) mass is 383 g/mol. The average Bonchev–Trinajstić information content (AvgIpc) is 2.46. The minimum atomic E-state index is -0.0837. The van der Waals surface area contributed by atoms with Gasteiger partial charge in [-0.3, -0.25) is 14.5 Å². The van der Waals surface area contributed by atoms with E-state index in [0.717, 1.165) is 10.0 Å². The van der Waals surface area contributed by atoms with Crippen molar-refractivity contribution in [2.75, 3.05) is 19.6 Å². The highest BCUT2D eigenvalue weighted by atomic mass is 79.9. The van der Waals surface area contributed by atoms with Gasteiger partial charge in [-0.15, -0.1) is 0 Å². The second-order valence-electron chi connectivity index (χ2n) is 5.87. The van der Waals surface area contributed by atoms with Crippen LogP contribution in [0.25, 0.3) is 0 Å². The summed E-state index contributed by atoms with van der Waals surface area (Å²) in [5, 5.41) is 5.80. The minimum absolute atomic E-state index is 0.0596. The molecule has 1 rings (SSSR count). The molecule has 6 heteroatoms. The zero-order chi connectivity index (χ0) is 17.4. The number of likely N-dealkylation sites (N-methyl/N-ethyl adjacent to an activating group) is 1. The Bertz CT molecular complexity index is 517. The van der Waals surface area contributed by atoms with E-state index in [1.165, 1.54) is 0 Å². The maximum absolute atomic E-state index is 12.2. The third-order valence-electron chi connectivity index (χ3n) is 3.38.